The van der Waals surface area contributed by atoms with Crippen LogP contribution < -0.4 is 5.32 Å². The van der Waals surface area contributed by atoms with E-state index in [0.717, 1.165) is 25.7 Å². The summed E-state index contributed by atoms with van der Waals surface area (Å²) in [6, 6.07) is 12.9. The first-order valence-corrected chi connectivity index (χ1v) is 10.8. The lowest BCUT2D eigenvalue weighted by Crippen LogP contribution is -2.38. The number of amides is 1. The van der Waals surface area contributed by atoms with E-state index in [1.807, 2.05) is 0 Å². The van der Waals surface area contributed by atoms with Gasteiger partial charge >= 0.3 is 0 Å². The van der Waals surface area contributed by atoms with Crippen LogP contribution in [0.4, 0.5) is 5.69 Å². The highest BCUT2D eigenvalue weighted by atomic mass is 35.5. The average Bonchev–Trinajstić information content (AvgIpc) is 2.68. The van der Waals surface area contributed by atoms with Gasteiger partial charge in [0.15, 0.2) is 0 Å². The van der Waals surface area contributed by atoms with Crippen molar-refractivity contribution in [2.45, 2.75) is 43.0 Å². The molecule has 144 valence electrons. The van der Waals surface area contributed by atoms with Crippen LogP contribution in [0.15, 0.2) is 53.4 Å². The second-order valence-corrected chi connectivity index (χ2v) is 9.24. The second kappa shape index (κ2) is 8.42. The molecule has 0 unspecified atom stereocenters. The number of hydrogen-bond acceptors (Lipinski definition) is 3. The first kappa shape index (κ1) is 19.9. The zero-order valence-electron chi connectivity index (χ0n) is 15.2. The lowest BCUT2D eigenvalue weighted by molar-refractivity contribution is 0.102. The van der Waals surface area contributed by atoms with Gasteiger partial charge in [-0.2, -0.15) is 4.31 Å². The number of rotatable bonds is 5. The molecule has 0 saturated heterocycles. The zero-order chi connectivity index (χ0) is 19.4. The summed E-state index contributed by atoms with van der Waals surface area (Å²) in [5.41, 5.74) is 0.968. The number of sulfonamides is 1. The Hall–Kier alpha value is -1.89. The Labute approximate surface area is 165 Å². The topological polar surface area (TPSA) is 66.5 Å². The number of anilines is 1. The molecule has 0 aromatic heterocycles. The van der Waals surface area contributed by atoms with Gasteiger partial charge in [-0.05, 0) is 55.3 Å². The number of nitrogens with one attached hydrogen (secondary N) is 1. The van der Waals surface area contributed by atoms with E-state index in [1.165, 1.54) is 35.0 Å². The molecule has 0 bridgehead atoms. The SMILES string of the molecule is CN(C1CCCCC1)S(=O)(=O)c1ccc(C(=O)Nc2cccc(Cl)c2)cc1. The van der Waals surface area contributed by atoms with Crippen molar-refractivity contribution in [1.29, 1.82) is 0 Å². The van der Waals surface area contributed by atoms with E-state index in [9.17, 15) is 13.2 Å². The van der Waals surface area contributed by atoms with Gasteiger partial charge in [-0.1, -0.05) is 36.9 Å². The summed E-state index contributed by atoms with van der Waals surface area (Å²) in [6.07, 6.45) is 5.09. The third-order valence-corrected chi connectivity index (χ3v) is 7.12. The number of halogens is 1. The maximum atomic E-state index is 12.9. The van der Waals surface area contributed by atoms with Crippen LogP contribution in [0.5, 0.6) is 0 Å². The van der Waals surface area contributed by atoms with Crippen LogP contribution >= 0.6 is 11.6 Å². The molecule has 5 nitrogen and oxygen atoms in total. The van der Waals surface area contributed by atoms with E-state index in [0.29, 0.717) is 16.3 Å². The van der Waals surface area contributed by atoms with E-state index in [1.54, 1.807) is 31.3 Å². The Balaban J connectivity index is 1.73. The van der Waals surface area contributed by atoms with Gasteiger partial charge < -0.3 is 5.32 Å². The molecule has 1 aliphatic rings. The van der Waals surface area contributed by atoms with E-state index in [-0.39, 0.29) is 16.8 Å². The number of benzene rings is 2. The normalized spacial score (nSPS) is 15.7. The summed E-state index contributed by atoms with van der Waals surface area (Å²) >= 11 is 5.92. The quantitative estimate of drug-likeness (QED) is 0.792. The molecule has 0 radical (unpaired) electrons. The van der Waals surface area contributed by atoms with Gasteiger partial charge in [0, 0.05) is 29.4 Å². The molecule has 2 aromatic rings. The number of hydrogen-bond donors (Lipinski definition) is 1. The smallest absolute Gasteiger partial charge is 0.255 e. The summed E-state index contributed by atoms with van der Waals surface area (Å²) in [5, 5.41) is 3.28. The molecular weight excluding hydrogens is 384 g/mol. The summed E-state index contributed by atoms with van der Waals surface area (Å²) in [5.74, 6) is -0.318. The molecule has 3 rings (SSSR count). The molecule has 2 aromatic carbocycles. The van der Waals surface area contributed by atoms with Gasteiger partial charge in [-0.3, -0.25) is 4.79 Å². The van der Waals surface area contributed by atoms with Crippen molar-refractivity contribution in [2.75, 3.05) is 12.4 Å². The van der Waals surface area contributed by atoms with Crippen molar-refractivity contribution >= 4 is 33.2 Å². The summed E-state index contributed by atoms with van der Waals surface area (Å²) < 4.78 is 27.2. The van der Waals surface area contributed by atoms with Gasteiger partial charge in [0.2, 0.25) is 10.0 Å². The lowest BCUT2D eigenvalue weighted by Gasteiger charge is -2.30. The van der Waals surface area contributed by atoms with Gasteiger partial charge in [0.1, 0.15) is 0 Å². The first-order chi connectivity index (χ1) is 12.9. The molecule has 1 saturated carbocycles. The minimum Gasteiger partial charge on any atom is -0.322 e. The fourth-order valence-electron chi connectivity index (χ4n) is 3.35. The Kier molecular flexibility index (Phi) is 6.19. The number of carbonyl (C=O) groups excluding carboxylic acids is 1. The van der Waals surface area contributed by atoms with Crippen LogP contribution in [0.2, 0.25) is 5.02 Å². The summed E-state index contributed by atoms with van der Waals surface area (Å²) in [4.78, 5) is 12.6. The first-order valence-electron chi connectivity index (χ1n) is 9.03. The Morgan fingerprint density at radius 3 is 2.37 bits per heavy atom. The van der Waals surface area contributed by atoms with Crippen LogP contribution in [0, 0.1) is 0 Å². The summed E-state index contributed by atoms with van der Waals surface area (Å²) in [7, 11) is -1.92. The van der Waals surface area contributed by atoms with Crippen LogP contribution in [-0.4, -0.2) is 31.7 Å². The van der Waals surface area contributed by atoms with Crippen molar-refractivity contribution in [3.63, 3.8) is 0 Å². The molecule has 0 aliphatic heterocycles. The largest absolute Gasteiger partial charge is 0.322 e. The Morgan fingerprint density at radius 2 is 1.74 bits per heavy atom. The highest BCUT2D eigenvalue weighted by Crippen LogP contribution is 2.26. The van der Waals surface area contributed by atoms with Gasteiger partial charge in [-0.15, -0.1) is 0 Å². The molecule has 1 N–H and O–H groups in total. The summed E-state index contributed by atoms with van der Waals surface area (Å²) in [6.45, 7) is 0. The van der Waals surface area contributed by atoms with Crippen molar-refractivity contribution < 1.29 is 13.2 Å². The zero-order valence-corrected chi connectivity index (χ0v) is 16.8. The van der Waals surface area contributed by atoms with E-state index < -0.39 is 10.0 Å². The van der Waals surface area contributed by atoms with E-state index in [4.69, 9.17) is 11.6 Å². The molecule has 0 spiro atoms. The standard InChI is InChI=1S/C20H23ClN2O3S/c1-23(18-8-3-2-4-9-18)27(25,26)19-12-10-15(11-13-19)20(24)22-17-7-5-6-16(21)14-17/h5-7,10-14,18H,2-4,8-9H2,1H3,(H,22,24). The minimum atomic E-state index is -3.56. The van der Waals surface area contributed by atoms with E-state index >= 15 is 0 Å². The lowest BCUT2D eigenvalue weighted by atomic mass is 9.96. The second-order valence-electron chi connectivity index (χ2n) is 6.80. The van der Waals surface area contributed by atoms with Crippen LogP contribution in [0.25, 0.3) is 0 Å². The molecule has 7 heteroatoms. The molecule has 0 atom stereocenters. The fraction of sp³-hybridized carbons (Fsp3) is 0.350. The van der Waals surface area contributed by atoms with Crippen molar-refractivity contribution in [1.82, 2.24) is 4.31 Å². The molecule has 1 fully saturated rings. The number of nitrogens with zero attached hydrogens (tertiary/aromatic N) is 1. The molecule has 1 amide bonds. The van der Waals surface area contributed by atoms with Crippen molar-refractivity contribution in [3.8, 4) is 0 Å². The fourth-order valence-corrected chi connectivity index (χ4v) is 4.96. The molecule has 0 heterocycles. The van der Waals surface area contributed by atoms with Crippen LogP contribution in [-0.2, 0) is 10.0 Å². The number of carbonyl (C=O) groups is 1. The van der Waals surface area contributed by atoms with Crippen molar-refractivity contribution in [3.05, 3.63) is 59.1 Å². The Bertz CT molecular complexity index is 907. The van der Waals surface area contributed by atoms with Gasteiger partial charge in [-0.25, -0.2) is 8.42 Å². The Morgan fingerprint density at radius 1 is 1.07 bits per heavy atom. The van der Waals surface area contributed by atoms with Crippen LogP contribution in [0.1, 0.15) is 42.5 Å². The monoisotopic (exact) mass is 406 g/mol. The third-order valence-electron chi connectivity index (χ3n) is 4.96. The predicted molar refractivity (Wildman–Crippen MR) is 108 cm³/mol. The van der Waals surface area contributed by atoms with Crippen LogP contribution in [0.3, 0.4) is 0 Å². The highest BCUT2D eigenvalue weighted by Gasteiger charge is 2.29. The third kappa shape index (κ3) is 4.69. The van der Waals surface area contributed by atoms with Gasteiger partial charge in [0.25, 0.3) is 5.91 Å². The molecule has 27 heavy (non-hydrogen) atoms. The molecule has 1 aliphatic carbocycles. The predicted octanol–water partition coefficient (Wildman–Crippen LogP) is 4.55. The average molecular weight is 407 g/mol. The van der Waals surface area contributed by atoms with Crippen molar-refractivity contribution in [2.24, 2.45) is 0 Å². The molecular formula is C20H23ClN2O3S. The maximum absolute atomic E-state index is 12.9. The maximum Gasteiger partial charge on any atom is 0.255 e. The van der Waals surface area contributed by atoms with E-state index in [2.05, 4.69) is 5.32 Å². The highest BCUT2D eigenvalue weighted by molar-refractivity contribution is 7.89. The minimum absolute atomic E-state index is 0.0505. The van der Waals surface area contributed by atoms with Gasteiger partial charge in [0.05, 0.1) is 4.90 Å².